The molecular formula is C20H15NO6. The fourth-order valence-corrected chi connectivity index (χ4v) is 3.42. The highest BCUT2D eigenvalue weighted by molar-refractivity contribution is 6.27. The first-order valence-corrected chi connectivity index (χ1v) is 8.09. The first-order valence-electron chi connectivity index (χ1n) is 8.09. The zero-order valence-electron chi connectivity index (χ0n) is 14.8. The van der Waals surface area contributed by atoms with Gasteiger partial charge < -0.3 is 19.2 Å². The number of fused-ring (bicyclic) bond motifs is 5. The van der Waals surface area contributed by atoms with Crippen molar-refractivity contribution in [3.05, 3.63) is 57.4 Å². The number of methoxy groups -OCH3 is 3. The average Bonchev–Trinajstić information content (AvgIpc) is 2.98. The molecule has 0 saturated heterocycles. The maximum atomic E-state index is 13.1. The smallest absolute Gasteiger partial charge is 0.337 e. The SMILES string of the molecule is COC(=O)c1ccc2c(c1)C(=O)c1c-2[nH]c(=O)c2cc(OC)c(OC)cc12. The molecule has 7 nitrogen and oxygen atoms in total. The van der Waals surface area contributed by atoms with E-state index in [2.05, 4.69) is 4.98 Å². The van der Waals surface area contributed by atoms with E-state index in [1.165, 1.54) is 27.4 Å². The van der Waals surface area contributed by atoms with Crippen molar-refractivity contribution >= 4 is 22.5 Å². The number of H-pyrrole nitrogens is 1. The van der Waals surface area contributed by atoms with E-state index in [4.69, 9.17) is 14.2 Å². The number of hydrogen-bond donors (Lipinski definition) is 1. The zero-order chi connectivity index (χ0) is 19.3. The average molecular weight is 365 g/mol. The molecule has 1 N–H and O–H groups in total. The van der Waals surface area contributed by atoms with Crippen LogP contribution in [0.2, 0.25) is 0 Å². The number of benzene rings is 2. The van der Waals surface area contributed by atoms with Crippen LogP contribution in [0.25, 0.3) is 22.0 Å². The van der Waals surface area contributed by atoms with Gasteiger partial charge in [0.15, 0.2) is 17.3 Å². The van der Waals surface area contributed by atoms with Gasteiger partial charge in [-0.3, -0.25) is 9.59 Å². The molecular weight excluding hydrogens is 350 g/mol. The van der Waals surface area contributed by atoms with Crippen LogP contribution in [0, 0.1) is 0 Å². The Hall–Kier alpha value is -3.61. The Morgan fingerprint density at radius 2 is 1.56 bits per heavy atom. The summed E-state index contributed by atoms with van der Waals surface area (Å²) in [6, 6.07) is 7.84. The van der Waals surface area contributed by atoms with Crippen LogP contribution < -0.4 is 15.0 Å². The molecule has 0 fully saturated rings. The maximum absolute atomic E-state index is 13.1. The largest absolute Gasteiger partial charge is 0.493 e. The highest BCUT2D eigenvalue weighted by Gasteiger charge is 2.31. The summed E-state index contributed by atoms with van der Waals surface area (Å²) in [7, 11) is 4.23. The lowest BCUT2D eigenvalue weighted by Gasteiger charge is -2.11. The number of ether oxygens (including phenoxy) is 3. The lowest BCUT2D eigenvalue weighted by Crippen LogP contribution is -2.10. The van der Waals surface area contributed by atoms with E-state index in [9.17, 15) is 14.4 Å². The number of pyridine rings is 1. The Labute approximate surface area is 153 Å². The summed E-state index contributed by atoms with van der Waals surface area (Å²) < 4.78 is 15.3. The molecule has 1 aromatic heterocycles. The summed E-state index contributed by atoms with van der Waals surface area (Å²) in [5.74, 6) is -0.00581. The van der Waals surface area contributed by atoms with E-state index in [-0.39, 0.29) is 16.9 Å². The molecule has 0 aliphatic heterocycles. The van der Waals surface area contributed by atoms with Crippen LogP contribution in [0.3, 0.4) is 0 Å². The lowest BCUT2D eigenvalue weighted by molar-refractivity contribution is 0.0600. The van der Waals surface area contributed by atoms with E-state index in [0.29, 0.717) is 44.7 Å². The van der Waals surface area contributed by atoms with Gasteiger partial charge in [-0.25, -0.2) is 4.79 Å². The van der Waals surface area contributed by atoms with Gasteiger partial charge in [-0.15, -0.1) is 0 Å². The van der Waals surface area contributed by atoms with Crippen molar-refractivity contribution in [3.8, 4) is 22.8 Å². The van der Waals surface area contributed by atoms with E-state index < -0.39 is 5.97 Å². The van der Waals surface area contributed by atoms with Crippen LogP contribution in [0.1, 0.15) is 26.3 Å². The summed E-state index contributed by atoms with van der Waals surface area (Å²) in [4.78, 5) is 40.3. The highest BCUT2D eigenvalue weighted by Crippen LogP contribution is 2.41. The van der Waals surface area contributed by atoms with Crippen molar-refractivity contribution in [3.63, 3.8) is 0 Å². The fourth-order valence-electron chi connectivity index (χ4n) is 3.42. The molecule has 2 aromatic carbocycles. The molecule has 3 aromatic rings. The summed E-state index contributed by atoms with van der Waals surface area (Å²) in [6.07, 6.45) is 0. The monoisotopic (exact) mass is 365 g/mol. The predicted molar refractivity (Wildman–Crippen MR) is 97.9 cm³/mol. The quantitative estimate of drug-likeness (QED) is 0.561. The van der Waals surface area contributed by atoms with Crippen LogP contribution in [0.15, 0.2) is 35.1 Å². The Balaban J connectivity index is 2.03. The van der Waals surface area contributed by atoms with Gasteiger partial charge in [0.25, 0.3) is 5.56 Å². The van der Waals surface area contributed by atoms with Gasteiger partial charge in [0.2, 0.25) is 0 Å². The first kappa shape index (κ1) is 16.8. The van der Waals surface area contributed by atoms with Crippen molar-refractivity contribution in [2.75, 3.05) is 21.3 Å². The predicted octanol–water partition coefficient (Wildman–Crippen LogP) is 2.54. The molecule has 7 heteroatoms. The van der Waals surface area contributed by atoms with Crippen LogP contribution in [-0.4, -0.2) is 38.1 Å². The van der Waals surface area contributed by atoms with Crippen LogP contribution in [-0.2, 0) is 4.74 Å². The molecule has 27 heavy (non-hydrogen) atoms. The summed E-state index contributed by atoms with van der Waals surface area (Å²) in [5, 5.41) is 0.785. The molecule has 0 saturated carbocycles. The Morgan fingerprint density at radius 1 is 0.889 bits per heavy atom. The second kappa shape index (κ2) is 5.98. The topological polar surface area (TPSA) is 94.7 Å². The molecule has 4 rings (SSSR count). The molecule has 0 unspecified atom stereocenters. The Kier molecular flexibility index (Phi) is 3.73. The molecule has 0 spiro atoms. The van der Waals surface area contributed by atoms with E-state index in [0.717, 1.165) is 0 Å². The Bertz CT molecular complexity index is 1190. The van der Waals surface area contributed by atoms with E-state index in [1.807, 2.05) is 0 Å². The van der Waals surface area contributed by atoms with Gasteiger partial charge in [-0.05, 0) is 24.3 Å². The minimum Gasteiger partial charge on any atom is -0.493 e. The summed E-state index contributed by atoms with van der Waals surface area (Å²) >= 11 is 0. The molecule has 136 valence electrons. The van der Waals surface area contributed by atoms with Crippen LogP contribution in [0.4, 0.5) is 0 Å². The third-order valence-electron chi connectivity index (χ3n) is 4.71. The molecule has 0 amide bonds. The number of ketones is 1. The van der Waals surface area contributed by atoms with Gasteiger partial charge in [-0.2, -0.15) is 0 Å². The van der Waals surface area contributed by atoms with Crippen molar-refractivity contribution in [2.24, 2.45) is 0 Å². The number of hydrogen-bond acceptors (Lipinski definition) is 6. The number of carbonyl (C=O) groups excluding carboxylic acids is 2. The molecule has 0 bridgehead atoms. The van der Waals surface area contributed by atoms with Crippen molar-refractivity contribution in [2.45, 2.75) is 0 Å². The molecule has 1 heterocycles. The molecule has 0 atom stereocenters. The second-order valence-corrected chi connectivity index (χ2v) is 6.04. The normalized spacial score (nSPS) is 11.9. The van der Waals surface area contributed by atoms with Gasteiger partial charge in [0.1, 0.15) is 0 Å². The highest BCUT2D eigenvalue weighted by atomic mass is 16.5. The number of aromatic amines is 1. The van der Waals surface area contributed by atoms with Crippen molar-refractivity contribution in [1.29, 1.82) is 0 Å². The third-order valence-corrected chi connectivity index (χ3v) is 4.71. The summed E-state index contributed by atoms with van der Waals surface area (Å²) in [6.45, 7) is 0. The molecule has 0 radical (unpaired) electrons. The molecule has 1 aliphatic rings. The minimum atomic E-state index is -0.536. The maximum Gasteiger partial charge on any atom is 0.337 e. The van der Waals surface area contributed by atoms with Crippen LogP contribution in [0.5, 0.6) is 11.5 Å². The lowest BCUT2D eigenvalue weighted by atomic mass is 10.0. The zero-order valence-corrected chi connectivity index (χ0v) is 14.8. The van der Waals surface area contributed by atoms with Gasteiger partial charge in [0.05, 0.1) is 43.5 Å². The number of aromatic nitrogens is 1. The molecule has 1 aliphatic carbocycles. The number of rotatable bonds is 3. The van der Waals surface area contributed by atoms with Gasteiger partial charge >= 0.3 is 5.97 Å². The van der Waals surface area contributed by atoms with E-state index >= 15 is 0 Å². The van der Waals surface area contributed by atoms with Crippen molar-refractivity contribution in [1.82, 2.24) is 4.98 Å². The summed E-state index contributed by atoms with van der Waals surface area (Å²) in [5.41, 5.74) is 1.62. The Morgan fingerprint density at radius 3 is 2.19 bits per heavy atom. The van der Waals surface area contributed by atoms with Crippen LogP contribution >= 0.6 is 0 Å². The van der Waals surface area contributed by atoms with Gasteiger partial charge in [0, 0.05) is 16.5 Å². The standard InChI is InChI=1S/C20H15NO6/c1-25-14-7-11-13(8-15(14)26-2)19(23)21-17-10-5-4-9(20(24)27-3)6-12(10)18(22)16(11)17/h4-8H,1-3H3,(H,21,23). The number of nitrogens with one attached hydrogen (secondary N) is 1. The third kappa shape index (κ3) is 2.32. The number of carbonyl (C=O) groups is 2. The van der Waals surface area contributed by atoms with Crippen molar-refractivity contribution < 1.29 is 23.8 Å². The second-order valence-electron chi connectivity index (χ2n) is 6.04. The van der Waals surface area contributed by atoms with Gasteiger partial charge in [-0.1, -0.05) is 6.07 Å². The number of esters is 1. The first-order chi connectivity index (χ1) is 13.0. The fraction of sp³-hybridized carbons (Fsp3) is 0.150. The minimum absolute atomic E-state index is 0.267. The van der Waals surface area contributed by atoms with E-state index in [1.54, 1.807) is 24.3 Å².